The first-order chi connectivity index (χ1) is 14.8. The summed E-state index contributed by atoms with van der Waals surface area (Å²) in [5, 5.41) is 7.55. The minimum atomic E-state index is -3.96. The van der Waals surface area contributed by atoms with Gasteiger partial charge in [0.15, 0.2) is 0 Å². The Kier molecular flexibility index (Phi) is 6.43. The lowest BCUT2D eigenvalue weighted by Crippen LogP contribution is -2.35. The molecule has 1 unspecified atom stereocenters. The van der Waals surface area contributed by atoms with Crippen LogP contribution in [0.2, 0.25) is 0 Å². The molecule has 3 rings (SSSR count). The van der Waals surface area contributed by atoms with E-state index in [2.05, 4.69) is 5.32 Å². The zero-order valence-electron chi connectivity index (χ0n) is 17.8. The quantitative estimate of drug-likeness (QED) is 0.628. The maximum absolute atomic E-state index is 13.0. The van der Waals surface area contributed by atoms with Crippen molar-refractivity contribution >= 4 is 43.2 Å². The van der Waals surface area contributed by atoms with E-state index in [1.807, 2.05) is 6.92 Å². The molecule has 1 aliphatic heterocycles. The van der Waals surface area contributed by atoms with E-state index in [0.29, 0.717) is 17.8 Å². The second-order valence-electron chi connectivity index (χ2n) is 7.61. The molecule has 10 nitrogen and oxygen atoms in total. The standard InChI is InChI=1S/C20H24N4O6S2/c1-13-10-15-11-18(8-9-19(15)24(13)14(2)25)32(29,30)23(3)12-20(26)22-16-4-6-17(7-5-16)31(21,27)28/h4-9,11,13H,10,12H2,1-3H3,(H,22,26)(H2,21,27,28). The third-order valence-electron chi connectivity index (χ3n) is 5.15. The number of carbonyl (C=O) groups excluding carboxylic acids is 2. The molecule has 12 heteroatoms. The van der Waals surface area contributed by atoms with Gasteiger partial charge in [0.25, 0.3) is 0 Å². The summed E-state index contributed by atoms with van der Waals surface area (Å²) in [4.78, 5) is 25.7. The fourth-order valence-electron chi connectivity index (χ4n) is 3.64. The molecule has 2 amide bonds. The Morgan fingerprint density at radius 1 is 1.09 bits per heavy atom. The highest BCUT2D eigenvalue weighted by molar-refractivity contribution is 7.89. The molecule has 0 fully saturated rings. The number of primary sulfonamides is 1. The molecule has 1 aliphatic rings. The number of nitrogens with zero attached hydrogens (tertiary/aromatic N) is 2. The second-order valence-corrected chi connectivity index (χ2v) is 11.2. The van der Waals surface area contributed by atoms with Gasteiger partial charge in [-0.05, 0) is 61.4 Å². The highest BCUT2D eigenvalue weighted by atomic mass is 32.2. The van der Waals surface area contributed by atoms with Crippen molar-refractivity contribution < 1.29 is 26.4 Å². The van der Waals surface area contributed by atoms with Crippen LogP contribution in [0, 0.1) is 0 Å². The summed E-state index contributed by atoms with van der Waals surface area (Å²) in [6.07, 6.45) is 0.539. The Labute approximate surface area is 187 Å². The van der Waals surface area contributed by atoms with Gasteiger partial charge in [0, 0.05) is 31.4 Å². The number of hydrogen-bond acceptors (Lipinski definition) is 6. The molecule has 0 aliphatic carbocycles. The van der Waals surface area contributed by atoms with Crippen LogP contribution in [0.1, 0.15) is 19.4 Å². The Morgan fingerprint density at radius 3 is 2.25 bits per heavy atom. The summed E-state index contributed by atoms with van der Waals surface area (Å²) in [7, 11) is -6.52. The topological polar surface area (TPSA) is 147 Å². The fourth-order valence-corrected chi connectivity index (χ4v) is 5.34. The molecule has 1 heterocycles. The van der Waals surface area contributed by atoms with E-state index >= 15 is 0 Å². The van der Waals surface area contributed by atoms with Crippen molar-refractivity contribution in [2.45, 2.75) is 36.1 Å². The van der Waals surface area contributed by atoms with Gasteiger partial charge >= 0.3 is 0 Å². The summed E-state index contributed by atoms with van der Waals surface area (Å²) in [5.74, 6) is -0.713. The molecule has 1 atom stereocenters. The average molecular weight is 481 g/mol. The predicted molar refractivity (Wildman–Crippen MR) is 119 cm³/mol. The van der Waals surface area contributed by atoms with Gasteiger partial charge < -0.3 is 10.2 Å². The van der Waals surface area contributed by atoms with Gasteiger partial charge in [0.05, 0.1) is 16.3 Å². The monoisotopic (exact) mass is 480 g/mol. The number of amides is 2. The fraction of sp³-hybridized carbons (Fsp3) is 0.300. The molecule has 0 saturated heterocycles. The smallest absolute Gasteiger partial charge is 0.243 e. The number of nitrogens with one attached hydrogen (secondary N) is 1. The number of hydrogen-bond donors (Lipinski definition) is 2. The van der Waals surface area contributed by atoms with Gasteiger partial charge in [-0.15, -0.1) is 0 Å². The lowest BCUT2D eigenvalue weighted by Gasteiger charge is -2.21. The number of sulfonamides is 2. The van der Waals surface area contributed by atoms with Gasteiger partial charge in [-0.1, -0.05) is 0 Å². The van der Waals surface area contributed by atoms with E-state index in [4.69, 9.17) is 5.14 Å². The second kappa shape index (κ2) is 8.62. The van der Waals surface area contributed by atoms with E-state index in [9.17, 15) is 26.4 Å². The molecule has 172 valence electrons. The number of carbonyl (C=O) groups is 2. The van der Waals surface area contributed by atoms with Crippen molar-refractivity contribution in [3.05, 3.63) is 48.0 Å². The maximum Gasteiger partial charge on any atom is 0.243 e. The molecule has 32 heavy (non-hydrogen) atoms. The summed E-state index contributed by atoms with van der Waals surface area (Å²) in [5.41, 5.74) is 1.73. The zero-order valence-corrected chi connectivity index (χ0v) is 19.4. The van der Waals surface area contributed by atoms with Crippen molar-refractivity contribution in [2.75, 3.05) is 23.8 Å². The normalized spacial score (nSPS) is 16.2. The van der Waals surface area contributed by atoms with Gasteiger partial charge in [0.2, 0.25) is 31.9 Å². The van der Waals surface area contributed by atoms with Gasteiger partial charge in [-0.3, -0.25) is 9.59 Å². The van der Waals surface area contributed by atoms with Gasteiger partial charge in [-0.25, -0.2) is 22.0 Å². The van der Waals surface area contributed by atoms with Crippen LogP contribution in [0.3, 0.4) is 0 Å². The minimum Gasteiger partial charge on any atom is -0.325 e. The number of benzene rings is 2. The average Bonchev–Trinajstić information content (AvgIpc) is 3.02. The maximum atomic E-state index is 13.0. The van der Waals surface area contributed by atoms with Crippen LogP contribution in [-0.2, 0) is 36.1 Å². The lowest BCUT2D eigenvalue weighted by molar-refractivity contribution is -0.117. The van der Waals surface area contributed by atoms with E-state index in [-0.39, 0.29) is 21.7 Å². The summed E-state index contributed by atoms with van der Waals surface area (Å²) >= 11 is 0. The van der Waals surface area contributed by atoms with Gasteiger partial charge in [-0.2, -0.15) is 4.31 Å². The van der Waals surface area contributed by atoms with Crippen LogP contribution in [0.4, 0.5) is 11.4 Å². The molecule has 2 aromatic rings. The summed E-state index contributed by atoms with van der Waals surface area (Å²) < 4.78 is 49.4. The first-order valence-electron chi connectivity index (χ1n) is 9.62. The first-order valence-corrected chi connectivity index (χ1v) is 12.6. The Balaban J connectivity index is 1.72. The van der Waals surface area contributed by atoms with Gasteiger partial charge in [0.1, 0.15) is 0 Å². The first kappa shape index (κ1) is 23.9. The van der Waals surface area contributed by atoms with E-state index in [0.717, 1.165) is 9.87 Å². The number of nitrogens with two attached hydrogens (primary N) is 1. The molecule has 0 bridgehead atoms. The number of anilines is 2. The summed E-state index contributed by atoms with van der Waals surface area (Å²) in [6.45, 7) is 2.90. The third-order valence-corrected chi connectivity index (χ3v) is 7.88. The van der Waals surface area contributed by atoms with E-state index in [1.54, 1.807) is 11.0 Å². The Bertz CT molecular complexity index is 1270. The van der Waals surface area contributed by atoms with E-state index < -0.39 is 32.5 Å². The zero-order chi connectivity index (χ0) is 23.8. The number of rotatable bonds is 6. The predicted octanol–water partition coefficient (Wildman–Crippen LogP) is 0.891. The van der Waals surface area contributed by atoms with Crippen LogP contribution in [0.5, 0.6) is 0 Å². The Hall–Kier alpha value is -2.80. The van der Waals surface area contributed by atoms with Crippen molar-refractivity contribution in [1.29, 1.82) is 0 Å². The third kappa shape index (κ3) is 4.83. The van der Waals surface area contributed by atoms with Crippen molar-refractivity contribution in [2.24, 2.45) is 5.14 Å². The molecular formula is C20H24N4O6S2. The van der Waals surface area contributed by atoms with Crippen molar-refractivity contribution in [1.82, 2.24) is 4.31 Å². The largest absolute Gasteiger partial charge is 0.325 e. The molecular weight excluding hydrogens is 456 g/mol. The molecule has 0 aromatic heterocycles. The molecule has 3 N–H and O–H groups in total. The van der Waals surface area contributed by atoms with Crippen LogP contribution < -0.4 is 15.4 Å². The number of fused-ring (bicyclic) bond motifs is 1. The number of likely N-dealkylation sites (N-methyl/N-ethyl adjacent to an activating group) is 1. The summed E-state index contributed by atoms with van der Waals surface area (Å²) in [6, 6.07) is 9.68. The van der Waals surface area contributed by atoms with E-state index in [1.165, 1.54) is 50.4 Å². The van der Waals surface area contributed by atoms with Crippen LogP contribution in [0.15, 0.2) is 52.3 Å². The highest BCUT2D eigenvalue weighted by Gasteiger charge is 2.31. The molecule has 0 saturated carbocycles. The van der Waals surface area contributed by atoms with Crippen molar-refractivity contribution in [3.63, 3.8) is 0 Å². The minimum absolute atomic E-state index is 0.0293. The van der Waals surface area contributed by atoms with Crippen LogP contribution >= 0.6 is 0 Å². The molecule has 0 radical (unpaired) electrons. The molecule has 0 spiro atoms. The van der Waals surface area contributed by atoms with Crippen LogP contribution in [0.25, 0.3) is 0 Å². The SMILES string of the molecule is CC(=O)N1c2ccc(S(=O)(=O)N(C)CC(=O)Nc3ccc(S(N)(=O)=O)cc3)cc2CC1C. The van der Waals surface area contributed by atoms with Crippen LogP contribution in [-0.4, -0.2) is 52.6 Å². The van der Waals surface area contributed by atoms with Crippen molar-refractivity contribution in [3.8, 4) is 0 Å². The Morgan fingerprint density at radius 2 is 1.69 bits per heavy atom. The highest BCUT2D eigenvalue weighted by Crippen LogP contribution is 2.34. The molecule has 2 aromatic carbocycles. The lowest BCUT2D eigenvalue weighted by atomic mass is 10.1.